The predicted molar refractivity (Wildman–Crippen MR) is 332 cm³/mol. The summed E-state index contributed by atoms with van der Waals surface area (Å²) < 4.78 is 22.8. The Hall–Kier alpha value is -2.83. The highest BCUT2D eigenvalue weighted by atomic mass is 16.7. The smallest absolute Gasteiger partial charge is 0.220 e. The van der Waals surface area contributed by atoms with E-state index in [1.165, 1.54) is 122 Å². The van der Waals surface area contributed by atoms with E-state index >= 15 is 0 Å². The Labute approximate surface area is 497 Å². The van der Waals surface area contributed by atoms with E-state index in [-0.39, 0.29) is 12.5 Å². The lowest BCUT2D eigenvalue weighted by Gasteiger charge is -2.46. The summed E-state index contributed by atoms with van der Waals surface area (Å²) in [7, 11) is 0. The minimum Gasteiger partial charge on any atom is -0.394 e. The fraction of sp³-hybridized carbons (Fsp3) is 0.779. The number of ether oxygens (including phenoxy) is 4. The molecule has 0 saturated carbocycles. The molecule has 14 nitrogen and oxygen atoms in total. The molecule has 2 saturated heterocycles. The number of carbonyl (C=O) groups is 1. The molecule has 14 heteroatoms. The molecule has 0 aliphatic carbocycles. The van der Waals surface area contributed by atoms with Crippen molar-refractivity contribution in [3.63, 3.8) is 0 Å². The number of allylic oxidation sites excluding steroid dienone is 14. The molecule has 2 heterocycles. The van der Waals surface area contributed by atoms with Crippen molar-refractivity contribution in [1.29, 1.82) is 0 Å². The van der Waals surface area contributed by atoms with Gasteiger partial charge in [-0.1, -0.05) is 253 Å². The number of unbranched alkanes of at least 4 members (excludes halogenated alkanes) is 25. The topological polar surface area (TPSA) is 228 Å². The maximum absolute atomic E-state index is 13.3. The molecule has 12 atom stereocenters. The molecule has 9 N–H and O–H groups in total. The second kappa shape index (κ2) is 52.5. The minimum atomic E-state index is -1.78. The van der Waals surface area contributed by atoms with Crippen LogP contribution in [0.5, 0.6) is 0 Å². The van der Waals surface area contributed by atoms with Crippen molar-refractivity contribution < 1.29 is 64.6 Å². The summed E-state index contributed by atoms with van der Waals surface area (Å²) in [5.41, 5.74) is 0. The third-order valence-electron chi connectivity index (χ3n) is 15.6. The first-order valence-corrected chi connectivity index (χ1v) is 32.8. The Morgan fingerprint density at radius 2 is 0.841 bits per heavy atom. The second-order valence-corrected chi connectivity index (χ2v) is 22.9. The fourth-order valence-electron chi connectivity index (χ4n) is 10.4. The number of hydrogen-bond acceptors (Lipinski definition) is 13. The molecular formula is C68H119NO13. The van der Waals surface area contributed by atoms with Crippen LogP contribution in [0.4, 0.5) is 0 Å². The SMILES string of the molecule is CC/C=C\C/C=C\C/C=C\C/C=C\C/C=C\C/C=C\C/C=C\CCCCCCCCCCCCCCCCCC(=O)NC(COC1OC(CO)C(OC2OC(CO)C(O)C(O)C2O)C(O)C1O)C(O)CCCCCCCCCCCCC. The van der Waals surface area contributed by atoms with Crippen LogP contribution in [0.25, 0.3) is 0 Å². The summed E-state index contributed by atoms with van der Waals surface area (Å²) in [4.78, 5) is 13.3. The van der Waals surface area contributed by atoms with Crippen molar-refractivity contribution in [2.75, 3.05) is 19.8 Å². The molecule has 0 aromatic rings. The number of carbonyl (C=O) groups excluding carboxylic acids is 1. The van der Waals surface area contributed by atoms with Gasteiger partial charge in [0.15, 0.2) is 12.6 Å². The quantitative estimate of drug-likeness (QED) is 0.0204. The Morgan fingerprint density at radius 1 is 0.451 bits per heavy atom. The van der Waals surface area contributed by atoms with Gasteiger partial charge >= 0.3 is 0 Å². The first-order chi connectivity index (χ1) is 40.1. The van der Waals surface area contributed by atoms with Crippen LogP contribution in [-0.2, 0) is 23.7 Å². The van der Waals surface area contributed by atoms with E-state index < -0.39 is 86.8 Å². The Morgan fingerprint density at radius 3 is 1.29 bits per heavy atom. The van der Waals surface area contributed by atoms with E-state index in [2.05, 4.69) is 104 Å². The van der Waals surface area contributed by atoms with Gasteiger partial charge in [-0.05, 0) is 70.6 Å². The molecule has 1 amide bonds. The zero-order chi connectivity index (χ0) is 59.5. The van der Waals surface area contributed by atoms with E-state index in [0.29, 0.717) is 12.8 Å². The van der Waals surface area contributed by atoms with Gasteiger partial charge in [0, 0.05) is 6.42 Å². The minimum absolute atomic E-state index is 0.210. The summed E-state index contributed by atoms with van der Waals surface area (Å²) in [5, 5.41) is 87.2. The Balaban J connectivity index is 1.58. The third kappa shape index (κ3) is 36.9. The number of aliphatic hydroxyl groups excluding tert-OH is 8. The summed E-state index contributed by atoms with van der Waals surface area (Å²) in [5.74, 6) is -0.210. The molecule has 12 unspecified atom stereocenters. The highest BCUT2D eigenvalue weighted by Crippen LogP contribution is 2.30. The van der Waals surface area contributed by atoms with Gasteiger partial charge in [0.1, 0.15) is 48.8 Å². The number of nitrogens with one attached hydrogen (secondary N) is 1. The zero-order valence-corrected chi connectivity index (χ0v) is 51.2. The summed E-state index contributed by atoms with van der Waals surface area (Å²) in [6.07, 6.45) is 54.7. The molecule has 2 rings (SSSR count). The predicted octanol–water partition coefficient (Wildman–Crippen LogP) is 12.4. The van der Waals surface area contributed by atoms with Gasteiger partial charge in [0.05, 0.1) is 32.0 Å². The molecule has 2 aliphatic rings. The maximum Gasteiger partial charge on any atom is 0.220 e. The van der Waals surface area contributed by atoms with Crippen LogP contribution >= 0.6 is 0 Å². The Kier molecular flexibility index (Phi) is 48.2. The monoisotopic (exact) mass is 1160 g/mol. The molecule has 82 heavy (non-hydrogen) atoms. The largest absolute Gasteiger partial charge is 0.394 e. The van der Waals surface area contributed by atoms with Crippen LogP contribution < -0.4 is 5.32 Å². The number of amides is 1. The maximum atomic E-state index is 13.3. The molecule has 0 aromatic carbocycles. The van der Waals surface area contributed by atoms with E-state index in [4.69, 9.17) is 18.9 Å². The average molecular weight is 1160 g/mol. The first kappa shape index (κ1) is 75.3. The molecule has 0 radical (unpaired) electrons. The lowest BCUT2D eigenvalue weighted by atomic mass is 9.97. The van der Waals surface area contributed by atoms with Gasteiger partial charge in [0.25, 0.3) is 0 Å². The van der Waals surface area contributed by atoms with E-state index in [1.807, 2.05) is 0 Å². The van der Waals surface area contributed by atoms with E-state index in [1.54, 1.807) is 0 Å². The van der Waals surface area contributed by atoms with Gasteiger partial charge in [-0.15, -0.1) is 0 Å². The highest BCUT2D eigenvalue weighted by Gasteiger charge is 2.51. The molecular weight excluding hydrogens is 1040 g/mol. The summed E-state index contributed by atoms with van der Waals surface area (Å²) in [6.45, 7) is 2.73. The van der Waals surface area contributed by atoms with Crippen molar-refractivity contribution in [2.45, 2.75) is 319 Å². The fourth-order valence-corrected chi connectivity index (χ4v) is 10.4. The summed E-state index contributed by atoms with van der Waals surface area (Å²) in [6, 6.07) is -0.831. The molecule has 2 aliphatic heterocycles. The summed E-state index contributed by atoms with van der Waals surface area (Å²) >= 11 is 0. The van der Waals surface area contributed by atoms with Gasteiger partial charge in [-0.2, -0.15) is 0 Å². The van der Waals surface area contributed by atoms with Gasteiger partial charge in [0.2, 0.25) is 5.91 Å². The van der Waals surface area contributed by atoms with E-state index in [0.717, 1.165) is 96.3 Å². The van der Waals surface area contributed by atoms with Crippen LogP contribution in [0.3, 0.4) is 0 Å². The third-order valence-corrected chi connectivity index (χ3v) is 15.6. The Bertz CT molecular complexity index is 1700. The van der Waals surface area contributed by atoms with Crippen LogP contribution in [0.1, 0.15) is 245 Å². The lowest BCUT2D eigenvalue weighted by Crippen LogP contribution is -2.65. The van der Waals surface area contributed by atoms with Gasteiger partial charge < -0.3 is 65.1 Å². The van der Waals surface area contributed by atoms with Crippen LogP contribution in [0, 0.1) is 0 Å². The van der Waals surface area contributed by atoms with Crippen molar-refractivity contribution in [1.82, 2.24) is 5.32 Å². The first-order valence-electron chi connectivity index (χ1n) is 32.8. The van der Waals surface area contributed by atoms with Crippen molar-refractivity contribution >= 4 is 5.91 Å². The number of rotatable bonds is 52. The molecule has 0 bridgehead atoms. The lowest BCUT2D eigenvalue weighted by molar-refractivity contribution is -0.359. The van der Waals surface area contributed by atoms with Gasteiger partial charge in [-0.25, -0.2) is 0 Å². The van der Waals surface area contributed by atoms with E-state index in [9.17, 15) is 45.6 Å². The molecule has 474 valence electrons. The standard InChI is InChI=1S/C68H119NO13/c1-3-5-7-9-11-13-15-16-17-18-19-20-21-22-23-24-25-26-27-28-29-30-31-32-33-34-35-36-37-38-39-40-42-44-46-48-50-52-60(73)69-56(57(72)51-49-47-45-43-41-14-12-10-8-6-4-2)55-79-67-65(78)63(76)66(59(54-71)81-67)82-68-64(77)62(75)61(74)58(53-70)80-68/h5,7,11,13,16-17,19-20,22-23,25-26,28-29,56-59,61-68,70-72,74-78H,3-4,6,8-10,12,14-15,18,21,24,27,30-55H2,1-2H3,(H,69,73)/b7-5-,13-11-,17-16-,20-19-,23-22-,26-25-,29-28-. The van der Waals surface area contributed by atoms with Crippen molar-refractivity contribution in [2.24, 2.45) is 0 Å². The van der Waals surface area contributed by atoms with Gasteiger partial charge in [-0.3, -0.25) is 4.79 Å². The zero-order valence-electron chi connectivity index (χ0n) is 51.2. The van der Waals surface area contributed by atoms with Crippen molar-refractivity contribution in [3.05, 3.63) is 85.1 Å². The number of aliphatic hydroxyl groups is 8. The normalized spacial score (nSPS) is 24.5. The molecule has 2 fully saturated rings. The molecule has 0 spiro atoms. The van der Waals surface area contributed by atoms with Crippen LogP contribution in [-0.4, -0.2) is 140 Å². The average Bonchev–Trinajstić information content (AvgIpc) is 3.22. The molecule has 0 aromatic heterocycles. The van der Waals surface area contributed by atoms with Crippen molar-refractivity contribution in [3.8, 4) is 0 Å². The van der Waals surface area contributed by atoms with Crippen LogP contribution in [0.2, 0.25) is 0 Å². The van der Waals surface area contributed by atoms with Crippen LogP contribution in [0.15, 0.2) is 85.1 Å². The highest BCUT2D eigenvalue weighted by molar-refractivity contribution is 5.76. The number of hydrogen-bond donors (Lipinski definition) is 9. The second-order valence-electron chi connectivity index (χ2n) is 22.9.